The van der Waals surface area contributed by atoms with E-state index in [0.29, 0.717) is 16.6 Å². The predicted octanol–water partition coefficient (Wildman–Crippen LogP) is 7.44. The highest BCUT2D eigenvalue weighted by Crippen LogP contribution is 2.49. The van der Waals surface area contributed by atoms with Crippen LogP contribution in [-0.2, 0) is 12.8 Å². The van der Waals surface area contributed by atoms with Crippen LogP contribution >= 0.6 is 0 Å². The van der Waals surface area contributed by atoms with Gasteiger partial charge in [-0.25, -0.2) is 0 Å². The second kappa shape index (κ2) is 9.10. The lowest BCUT2D eigenvalue weighted by molar-refractivity contribution is 0.357. The SMILES string of the molecule is CC(C)(C)CCCCCCc1ccc(O)c(CCCCC2(C)CC2)c1. The minimum absolute atomic E-state index is 0.475. The Balaban J connectivity index is 1.65. The Morgan fingerprint density at radius 1 is 0.920 bits per heavy atom. The summed E-state index contributed by atoms with van der Waals surface area (Å²) in [5.41, 5.74) is 3.70. The second-order valence-corrected chi connectivity index (χ2v) is 9.96. The number of phenolic OH excluding ortho intramolecular Hbond substituents is 1. The minimum atomic E-state index is 0.475. The molecule has 142 valence electrons. The zero-order valence-corrected chi connectivity index (χ0v) is 17.2. The molecule has 0 unspecified atom stereocenters. The van der Waals surface area contributed by atoms with Gasteiger partial charge in [-0.2, -0.15) is 0 Å². The van der Waals surface area contributed by atoms with Crippen molar-refractivity contribution in [1.29, 1.82) is 0 Å². The summed E-state index contributed by atoms with van der Waals surface area (Å²) in [4.78, 5) is 0. The summed E-state index contributed by atoms with van der Waals surface area (Å²) < 4.78 is 0. The predicted molar refractivity (Wildman–Crippen MR) is 109 cm³/mol. The van der Waals surface area contributed by atoms with Crippen LogP contribution in [0.1, 0.15) is 103 Å². The van der Waals surface area contributed by atoms with Gasteiger partial charge in [-0.1, -0.05) is 65.5 Å². The number of aryl methyl sites for hydroxylation is 2. The molecule has 0 aromatic heterocycles. The molecule has 1 N–H and O–H groups in total. The van der Waals surface area contributed by atoms with Crippen molar-refractivity contribution in [3.8, 4) is 5.75 Å². The largest absolute Gasteiger partial charge is 0.508 e. The van der Waals surface area contributed by atoms with Gasteiger partial charge in [0, 0.05) is 0 Å². The molecule has 1 saturated carbocycles. The number of aromatic hydroxyl groups is 1. The molecule has 0 bridgehead atoms. The molecule has 1 aromatic carbocycles. The number of benzene rings is 1. The van der Waals surface area contributed by atoms with E-state index in [-0.39, 0.29) is 0 Å². The highest BCUT2D eigenvalue weighted by atomic mass is 16.3. The maximum atomic E-state index is 10.1. The molecular formula is C24H40O. The summed E-state index contributed by atoms with van der Waals surface area (Å²) in [7, 11) is 0. The molecule has 1 aromatic rings. The molecule has 0 saturated heterocycles. The van der Waals surface area contributed by atoms with Crippen LogP contribution in [0.3, 0.4) is 0 Å². The highest BCUT2D eigenvalue weighted by Gasteiger charge is 2.35. The molecule has 0 atom stereocenters. The lowest BCUT2D eigenvalue weighted by Gasteiger charge is -2.17. The zero-order valence-electron chi connectivity index (χ0n) is 17.2. The summed E-state index contributed by atoms with van der Waals surface area (Å²) in [5, 5.41) is 10.1. The molecule has 0 heterocycles. The normalized spacial score (nSPS) is 16.2. The topological polar surface area (TPSA) is 20.2 Å². The summed E-state index contributed by atoms with van der Waals surface area (Å²) in [6.07, 6.45) is 15.5. The summed E-state index contributed by atoms with van der Waals surface area (Å²) in [5.74, 6) is 0.492. The van der Waals surface area contributed by atoms with Crippen molar-refractivity contribution in [3.05, 3.63) is 29.3 Å². The Hall–Kier alpha value is -0.980. The smallest absolute Gasteiger partial charge is 0.118 e. The average molecular weight is 345 g/mol. The fourth-order valence-electron chi connectivity index (χ4n) is 3.66. The molecule has 1 heteroatoms. The van der Waals surface area contributed by atoms with Crippen molar-refractivity contribution in [1.82, 2.24) is 0 Å². The Morgan fingerprint density at radius 3 is 2.28 bits per heavy atom. The Kier molecular flexibility index (Phi) is 7.40. The average Bonchev–Trinajstić information content (AvgIpc) is 3.26. The quantitative estimate of drug-likeness (QED) is 0.413. The number of unbranched alkanes of at least 4 members (excludes halogenated alkanes) is 4. The fourth-order valence-corrected chi connectivity index (χ4v) is 3.66. The third-order valence-electron chi connectivity index (χ3n) is 5.87. The first kappa shape index (κ1) is 20.3. The molecule has 1 fully saturated rings. The van der Waals surface area contributed by atoms with Gasteiger partial charge in [0.1, 0.15) is 5.75 Å². The van der Waals surface area contributed by atoms with E-state index < -0.39 is 0 Å². The van der Waals surface area contributed by atoms with Crippen LogP contribution in [0, 0.1) is 10.8 Å². The third kappa shape index (κ3) is 8.29. The van der Waals surface area contributed by atoms with Gasteiger partial charge in [0.25, 0.3) is 0 Å². The minimum Gasteiger partial charge on any atom is -0.508 e. The number of phenols is 1. The lowest BCUT2D eigenvalue weighted by atomic mass is 9.89. The first-order valence-corrected chi connectivity index (χ1v) is 10.6. The van der Waals surface area contributed by atoms with E-state index in [9.17, 15) is 5.11 Å². The van der Waals surface area contributed by atoms with Crippen molar-refractivity contribution in [3.63, 3.8) is 0 Å². The first-order chi connectivity index (χ1) is 11.8. The van der Waals surface area contributed by atoms with Gasteiger partial charge in [0.15, 0.2) is 0 Å². The summed E-state index contributed by atoms with van der Waals surface area (Å²) in [6, 6.07) is 6.27. The van der Waals surface area contributed by atoms with E-state index in [2.05, 4.69) is 39.8 Å². The molecule has 0 aliphatic heterocycles. The van der Waals surface area contributed by atoms with Gasteiger partial charge < -0.3 is 5.11 Å². The van der Waals surface area contributed by atoms with Gasteiger partial charge in [-0.05, 0) is 79.4 Å². The van der Waals surface area contributed by atoms with Crippen LogP contribution < -0.4 is 0 Å². The van der Waals surface area contributed by atoms with Gasteiger partial charge >= 0.3 is 0 Å². The number of rotatable bonds is 11. The van der Waals surface area contributed by atoms with Crippen LogP contribution in [0.15, 0.2) is 18.2 Å². The van der Waals surface area contributed by atoms with E-state index in [1.54, 1.807) is 0 Å². The van der Waals surface area contributed by atoms with E-state index >= 15 is 0 Å². The van der Waals surface area contributed by atoms with Gasteiger partial charge in [0.2, 0.25) is 0 Å². The van der Waals surface area contributed by atoms with Crippen molar-refractivity contribution < 1.29 is 5.11 Å². The molecule has 1 aliphatic rings. The molecule has 0 spiro atoms. The monoisotopic (exact) mass is 344 g/mol. The molecule has 1 aliphatic carbocycles. The standard InChI is InChI=1S/C24H40O/c1-23(2,3)15-9-6-5-7-11-20-13-14-22(25)21(19-20)12-8-10-16-24(4)17-18-24/h13-14,19,25H,5-12,15-18H2,1-4H3. The van der Waals surface area contributed by atoms with Gasteiger partial charge in [-0.3, -0.25) is 0 Å². The van der Waals surface area contributed by atoms with Crippen LogP contribution in [0.5, 0.6) is 5.75 Å². The Bertz CT molecular complexity index is 519. The number of hydrogen-bond donors (Lipinski definition) is 1. The molecule has 0 radical (unpaired) electrons. The zero-order chi connectivity index (χ0) is 18.3. The van der Waals surface area contributed by atoms with Crippen LogP contribution in [-0.4, -0.2) is 5.11 Å². The van der Waals surface area contributed by atoms with Gasteiger partial charge in [0.05, 0.1) is 0 Å². The lowest BCUT2D eigenvalue weighted by Crippen LogP contribution is -2.03. The summed E-state index contributed by atoms with van der Waals surface area (Å²) in [6.45, 7) is 9.40. The third-order valence-corrected chi connectivity index (χ3v) is 5.87. The molecule has 2 rings (SSSR count). The van der Waals surface area contributed by atoms with Crippen LogP contribution in [0.25, 0.3) is 0 Å². The summed E-state index contributed by atoms with van der Waals surface area (Å²) >= 11 is 0. The molecule has 1 nitrogen and oxygen atoms in total. The van der Waals surface area contributed by atoms with Crippen molar-refractivity contribution >= 4 is 0 Å². The number of hydrogen-bond acceptors (Lipinski definition) is 1. The van der Waals surface area contributed by atoms with E-state index in [4.69, 9.17) is 0 Å². The highest BCUT2D eigenvalue weighted by molar-refractivity contribution is 5.36. The van der Waals surface area contributed by atoms with Crippen LogP contribution in [0.4, 0.5) is 0 Å². The van der Waals surface area contributed by atoms with Crippen LogP contribution in [0.2, 0.25) is 0 Å². The van der Waals surface area contributed by atoms with Crippen molar-refractivity contribution in [2.75, 3.05) is 0 Å². The van der Waals surface area contributed by atoms with E-state index in [0.717, 1.165) is 18.4 Å². The van der Waals surface area contributed by atoms with E-state index in [1.807, 2.05) is 6.07 Å². The van der Waals surface area contributed by atoms with Crippen molar-refractivity contribution in [2.24, 2.45) is 10.8 Å². The second-order valence-electron chi connectivity index (χ2n) is 9.96. The van der Waals surface area contributed by atoms with Gasteiger partial charge in [-0.15, -0.1) is 0 Å². The molecule has 25 heavy (non-hydrogen) atoms. The maximum Gasteiger partial charge on any atom is 0.118 e. The Labute approximate surface area is 156 Å². The molecule has 0 amide bonds. The first-order valence-electron chi connectivity index (χ1n) is 10.6. The fraction of sp³-hybridized carbons (Fsp3) is 0.750. The maximum absolute atomic E-state index is 10.1. The van der Waals surface area contributed by atoms with E-state index in [1.165, 1.54) is 69.8 Å². The van der Waals surface area contributed by atoms with Crippen molar-refractivity contribution in [2.45, 2.75) is 105 Å². The molecular weight excluding hydrogens is 304 g/mol. The Morgan fingerprint density at radius 2 is 1.60 bits per heavy atom.